The van der Waals surface area contributed by atoms with Crippen LogP contribution in [0, 0.1) is 19.8 Å². The second kappa shape index (κ2) is 9.71. The average molecular weight is 523 g/mol. The molecule has 2 aromatic rings. The molecule has 0 bridgehead atoms. The number of aromatic nitrogens is 3. The average Bonchev–Trinajstić information content (AvgIpc) is 3.36. The summed E-state index contributed by atoms with van der Waals surface area (Å²) in [7, 11) is 0. The topological polar surface area (TPSA) is 110 Å². The van der Waals surface area contributed by atoms with E-state index in [0.29, 0.717) is 32.2 Å². The molecule has 0 spiro atoms. The molecule has 2 atom stereocenters. The van der Waals surface area contributed by atoms with Crippen molar-refractivity contribution in [2.45, 2.75) is 77.9 Å². The highest BCUT2D eigenvalue weighted by atomic mass is 16.6. The Morgan fingerprint density at radius 2 is 1.66 bits per heavy atom. The molecule has 2 aliphatic heterocycles. The zero-order chi connectivity index (χ0) is 27.4. The van der Waals surface area contributed by atoms with E-state index in [1.807, 2.05) is 52.8 Å². The van der Waals surface area contributed by atoms with Crippen LogP contribution >= 0.6 is 0 Å². The van der Waals surface area contributed by atoms with Crippen LogP contribution in [0.2, 0.25) is 0 Å². The number of amides is 3. The van der Waals surface area contributed by atoms with Gasteiger partial charge < -0.3 is 24.4 Å². The highest BCUT2D eigenvalue weighted by Crippen LogP contribution is 2.43. The van der Waals surface area contributed by atoms with Gasteiger partial charge in [-0.15, -0.1) is 10.2 Å². The first-order valence-electron chi connectivity index (χ1n) is 13.5. The van der Waals surface area contributed by atoms with Gasteiger partial charge in [-0.25, -0.2) is 4.79 Å². The van der Waals surface area contributed by atoms with E-state index in [1.165, 1.54) is 6.92 Å². The minimum absolute atomic E-state index is 0.0541. The number of benzene rings is 1. The highest BCUT2D eigenvalue weighted by molar-refractivity contribution is 5.94. The Kier molecular flexibility index (Phi) is 6.69. The van der Waals surface area contributed by atoms with Gasteiger partial charge in [0.05, 0.1) is 17.8 Å². The Morgan fingerprint density at radius 1 is 0.974 bits per heavy atom. The number of likely N-dealkylation sites (tertiary alicyclic amines) is 2. The lowest BCUT2D eigenvalue weighted by atomic mass is 9.93. The van der Waals surface area contributed by atoms with E-state index in [-0.39, 0.29) is 29.7 Å². The lowest BCUT2D eigenvalue weighted by molar-refractivity contribution is -0.128. The van der Waals surface area contributed by atoms with Crippen molar-refractivity contribution in [2.24, 2.45) is 5.92 Å². The summed E-state index contributed by atoms with van der Waals surface area (Å²) in [5.74, 6) is 0.832. The van der Waals surface area contributed by atoms with Crippen LogP contribution in [-0.2, 0) is 14.3 Å². The number of aryl methyl sites for hydroxylation is 2. The summed E-state index contributed by atoms with van der Waals surface area (Å²) < 4.78 is 7.70. The van der Waals surface area contributed by atoms with Crippen molar-refractivity contribution in [3.8, 4) is 0 Å². The molecule has 3 aliphatic rings. The highest BCUT2D eigenvalue weighted by Gasteiger charge is 2.46. The first-order valence-corrected chi connectivity index (χ1v) is 13.5. The summed E-state index contributed by atoms with van der Waals surface area (Å²) in [5.41, 5.74) is 2.37. The molecule has 0 radical (unpaired) electrons. The SMILES string of the molecule is CC(=O)N1C[C@H](C(=O)Nc2ccc(C)cc2C)[C@@H](c2nnc(C3CN(C(=O)OC(C)(C)C)C3)n2C2CC2)C1. The molecule has 1 aliphatic carbocycles. The fourth-order valence-electron chi connectivity index (χ4n) is 5.44. The molecule has 5 rings (SSSR count). The van der Waals surface area contributed by atoms with E-state index < -0.39 is 11.5 Å². The number of rotatable bonds is 5. The third-order valence-corrected chi connectivity index (χ3v) is 7.63. The minimum atomic E-state index is -0.541. The van der Waals surface area contributed by atoms with Gasteiger partial charge in [-0.2, -0.15) is 0 Å². The third-order valence-electron chi connectivity index (χ3n) is 7.63. The summed E-state index contributed by atoms with van der Waals surface area (Å²) in [6, 6.07) is 6.23. The van der Waals surface area contributed by atoms with Crippen molar-refractivity contribution in [3.05, 3.63) is 41.0 Å². The van der Waals surface area contributed by atoms with Gasteiger partial charge >= 0.3 is 6.09 Å². The number of anilines is 1. The predicted octanol–water partition coefficient (Wildman–Crippen LogP) is 3.76. The minimum Gasteiger partial charge on any atom is -0.444 e. The summed E-state index contributed by atoms with van der Waals surface area (Å²) in [6.45, 7) is 12.9. The number of hydrogen-bond acceptors (Lipinski definition) is 6. The predicted molar refractivity (Wildman–Crippen MR) is 142 cm³/mol. The van der Waals surface area contributed by atoms with Crippen molar-refractivity contribution >= 4 is 23.6 Å². The first-order chi connectivity index (χ1) is 17.9. The summed E-state index contributed by atoms with van der Waals surface area (Å²) in [6.07, 6.45) is 1.74. The molecule has 1 aromatic heterocycles. The smallest absolute Gasteiger partial charge is 0.410 e. The number of ether oxygens (including phenoxy) is 1. The Bertz CT molecular complexity index is 1250. The number of nitrogens with zero attached hydrogens (tertiary/aromatic N) is 5. The van der Waals surface area contributed by atoms with Gasteiger partial charge in [0, 0.05) is 44.8 Å². The third kappa shape index (κ3) is 5.26. The molecule has 10 nitrogen and oxygen atoms in total. The monoisotopic (exact) mass is 522 g/mol. The van der Waals surface area contributed by atoms with Crippen LogP contribution in [0.3, 0.4) is 0 Å². The number of carbonyl (C=O) groups excluding carboxylic acids is 3. The number of hydrogen-bond donors (Lipinski definition) is 1. The van der Waals surface area contributed by atoms with Crippen LogP contribution in [-0.4, -0.2) is 74.3 Å². The van der Waals surface area contributed by atoms with Gasteiger partial charge in [-0.1, -0.05) is 17.7 Å². The van der Waals surface area contributed by atoms with Crippen molar-refractivity contribution < 1.29 is 19.1 Å². The first kappa shape index (κ1) is 26.2. The van der Waals surface area contributed by atoms with E-state index in [2.05, 4.69) is 20.1 Å². The molecular formula is C28H38N6O4. The van der Waals surface area contributed by atoms with Gasteiger partial charge in [0.15, 0.2) is 0 Å². The molecule has 3 heterocycles. The maximum atomic E-state index is 13.6. The lowest BCUT2D eigenvalue weighted by Gasteiger charge is -2.39. The standard InChI is InChI=1S/C28H38N6O4/c1-16-7-10-23(17(2)11-16)29-26(36)22-15-32(18(3)35)14-21(22)25-31-30-24(34(25)20-8-9-20)19-12-33(13-19)27(37)38-28(4,5)6/h7,10-11,19-22H,8-9,12-15H2,1-6H3,(H,29,36)/t21-,22-/m0/s1. The zero-order valence-electron chi connectivity index (χ0n) is 23.2. The summed E-state index contributed by atoms with van der Waals surface area (Å²) >= 11 is 0. The van der Waals surface area contributed by atoms with Gasteiger partial charge in [0.25, 0.3) is 0 Å². The molecule has 1 saturated carbocycles. The van der Waals surface area contributed by atoms with E-state index >= 15 is 0 Å². The molecule has 1 aromatic carbocycles. The normalized spacial score (nSPS) is 21.8. The number of nitrogens with one attached hydrogen (secondary N) is 1. The fraction of sp³-hybridized carbons (Fsp3) is 0.607. The van der Waals surface area contributed by atoms with Gasteiger partial charge in [-0.3, -0.25) is 9.59 Å². The van der Waals surface area contributed by atoms with E-state index in [9.17, 15) is 14.4 Å². The Labute approximate surface area is 223 Å². The van der Waals surface area contributed by atoms with Crippen molar-refractivity contribution in [1.29, 1.82) is 0 Å². The summed E-state index contributed by atoms with van der Waals surface area (Å²) in [4.78, 5) is 41.8. The molecule has 204 valence electrons. The van der Waals surface area contributed by atoms with Crippen LogP contribution in [0.4, 0.5) is 10.5 Å². The molecule has 3 amide bonds. The molecule has 3 fully saturated rings. The number of carbonyl (C=O) groups is 3. The largest absolute Gasteiger partial charge is 0.444 e. The second-order valence-corrected chi connectivity index (χ2v) is 12.0. The Balaban J connectivity index is 1.37. The molecule has 0 unspecified atom stereocenters. The van der Waals surface area contributed by atoms with E-state index in [0.717, 1.165) is 41.3 Å². The van der Waals surface area contributed by atoms with Gasteiger partial charge in [-0.05, 0) is 59.1 Å². The van der Waals surface area contributed by atoms with Crippen LogP contribution in [0.25, 0.3) is 0 Å². The van der Waals surface area contributed by atoms with Gasteiger partial charge in [0.1, 0.15) is 17.2 Å². The Morgan fingerprint density at radius 3 is 2.26 bits per heavy atom. The van der Waals surface area contributed by atoms with Crippen molar-refractivity contribution in [1.82, 2.24) is 24.6 Å². The molecule has 38 heavy (non-hydrogen) atoms. The fourth-order valence-corrected chi connectivity index (χ4v) is 5.44. The van der Waals surface area contributed by atoms with Crippen LogP contribution in [0.1, 0.15) is 81.2 Å². The molecule has 1 N–H and O–H groups in total. The quantitative estimate of drug-likeness (QED) is 0.640. The molecular weight excluding hydrogens is 484 g/mol. The second-order valence-electron chi connectivity index (χ2n) is 12.0. The molecule has 10 heteroatoms. The zero-order valence-corrected chi connectivity index (χ0v) is 23.2. The van der Waals surface area contributed by atoms with Crippen LogP contribution in [0.5, 0.6) is 0 Å². The maximum Gasteiger partial charge on any atom is 0.410 e. The maximum absolute atomic E-state index is 13.6. The van der Waals surface area contributed by atoms with Crippen molar-refractivity contribution in [3.63, 3.8) is 0 Å². The Hall–Kier alpha value is -3.43. The van der Waals surface area contributed by atoms with Crippen molar-refractivity contribution in [2.75, 3.05) is 31.5 Å². The van der Waals surface area contributed by atoms with Crippen LogP contribution < -0.4 is 5.32 Å². The van der Waals surface area contributed by atoms with Gasteiger partial charge in [0.2, 0.25) is 11.8 Å². The van der Waals surface area contributed by atoms with E-state index in [4.69, 9.17) is 4.74 Å². The van der Waals surface area contributed by atoms with Crippen LogP contribution in [0.15, 0.2) is 18.2 Å². The summed E-state index contributed by atoms with van der Waals surface area (Å²) in [5, 5.41) is 12.3. The molecule has 2 saturated heterocycles. The lowest BCUT2D eigenvalue weighted by Crippen LogP contribution is -2.51. The van der Waals surface area contributed by atoms with E-state index in [1.54, 1.807) is 9.80 Å².